The maximum atomic E-state index is 13.1. The summed E-state index contributed by atoms with van der Waals surface area (Å²) < 4.78 is 31.6. The van der Waals surface area contributed by atoms with Crippen molar-refractivity contribution in [3.63, 3.8) is 0 Å². The lowest BCUT2D eigenvalue weighted by Gasteiger charge is -2.14. The zero-order valence-electron chi connectivity index (χ0n) is 13.6. The Hall–Kier alpha value is -2.63. The molecule has 24 heavy (non-hydrogen) atoms. The molecule has 0 saturated heterocycles. The lowest BCUT2D eigenvalue weighted by molar-refractivity contribution is 0.247. The Balaban J connectivity index is 1.78. The molecule has 2 aromatic rings. The second-order valence-electron chi connectivity index (χ2n) is 5.55. The van der Waals surface area contributed by atoms with E-state index in [0.717, 1.165) is 23.4 Å². The van der Waals surface area contributed by atoms with Gasteiger partial charge >= 0.3 is 6.03 Å². The summed E-state index contributed by atoms with van der Waals surface area (Å²) in [6.07, 6.45) is 0. The highest BCUT2D eigenvalue weighted by molar-refractivity contribution is 5.89. The summed E-state index contributed by atoms with van der Waals surface area (Å²) >= 11 is 0. The van der Waals surface area contributed by atoms with E-state index in [-0.39, 0.29) is 12.2 Å². The van der Waals surface area contributed by atoms with Gasteiger partial charge in [-0.1, -0.05) is 32.0 Å². The van der Waals surface area contributed by atoms with Crippen molar-refractivity contribution in [2.24, 2.45) is 0 Å². The first-order valence-corrected chi connectivity index (χ1v) is 7.69. The molecule has 0 spiro atoms. The third kappa shape index (κ3) is 4.94. The minimum atomic E-state index is -1.01. The Bertz CT molecular complexity index is 705. The number of hydrogen-bond acceptors (Lipinski definition) is 2. The van der Waals surface area contributed by atoms with Gasteiger partial charge in [-0.3, -0.25) is 0 Å². The zero-order chi connectivity index (χ0) is 17.5. The zero-order valence-corrected chi connectivity index (χ0v) is 13.6. The molecule has 0 aromatic heterocycles. The van der Waals surface area contributed by atoms with Crippen molar-refractivity contribution in [1.82, 2.24) is 5.32 Å². The molecule has 0 aliphatic heterocycles. The minimum Gasteiger partial charge on any atom is -0.491 e. The number of halogens is 2. The average molecular weight is 334 g/mol. The summed E-state index contributed by atoms with van der Waals surface area (Å²) in [6, 6.07) is 10.4. The molecule has 4 nitrogen and oxygen atoms in total. The van der Waals surface area contributed by atoms with Crippen LogP contribution in [0.2, 0.25) is 0 Å². The molecule has 0 heterocycles. The van der Waals surface area contributed by atoms with Crippen LogP contribution in [-0.4, -0.2) is 19.2 Å². The van der Waals surface area contributed by atoms with Gasteiger partial charge in [-0.25, -0.2) is 13.6 Å². The predicted molar refractivity (Wildman–Crippen MR) is 89.4 cm³/mol. The van der Waals surface area contributed by atoms with E-state index >= 15 is 0 Å². The molecule has 0 radical (unpaired) electrons. The molecule has 0 unspecified atom stereocenters. The summed E-state index contributed by atoms with van der Waals surface area (Å²) in [5.74, 6) is -0.847. The Morgan fingerprint density at radius 1 is 1.12 bits per heavy atom. The number of amides is 2. The first-order valence-electron chi connectivity index (χ1n) is 7.69. The van der Waals surface area contributed by atoms with Gasteiger partial charge in [0.05, 0.1) is 6.54 Å². The molecule has 0 aliphatic carbocycles. The van der Waals surface area contributed by atoms with Crippen LogP contribution in [0.5, 0.6) is 5.75 Å². The van der Waals surface area contributed by atoms with Crippen LogP contribution in [0.4, 0.5) is 19.3 Å². The standard InChI is InChI=1S/C18H20F2N2O2/c1-12(2)14-5-3-4-6-17(14)24-10-9-21-18(23)22-13-7-8-15(19)16(20)11-13/h3-8,11-12H,9-10H2,1-2H3,(H2,21,22,23). The predicted octanol–water partition coefficient (Wildman–Crippen LogP) is 4.29. The summed E-state index contributed by atoms with van der Waals surface area (Å²) in [4.78, 5) is 11.7. The van der Waals surface area contributed by atoms with Crippen LogP contribution in [0.15, 0.2) is 42.5 Å². The normalized spacial score (nSPS) is 10.5. The molecule has 2 N–H and O–H groups in total. The molecular weight excluding hydrogens is 314 g/mol. The van der Waals surface area contributed by atoms with Crippen LogP contribution < -0.4 is 15.4 Å². The van der Waals surface area contributed by atoms with Crippen LogP contribution in [0, 0.1) is 11.6 Å². The number of carbonyl (C=O) groups excluding carboxylic acids is 1. The van der Waals surface area contributed by atoms with Gasteiger partial charge in [0, 0.05) is 11.8 Å². The second-order valence-corrected chi connectivity index (χ2v) is 5.55. The van der Waals surface area contributed by atoms with Crippen LogP contribution in [0.25, 0.3) is 0 Å². The van der Waals surface area contributed by atoms with Gasteiger partial charge in [-0.15, -0.1) is 0 Å². The highest BCUT2D eigenvalue weighted by Gasteiger charge is 2.08. The molecule has 0 saturated carbocycles. The molecule has 2 amide bonds. The van der Waals surface area contributed by atoms with Crippen molar-refractivity contribution in [3.05, 3.63) is 59.7 Å². The van der Waals surface area contributed by atoms with Crippen molar-refractivity contribution in [1.29, 1.82) is 0 Å². The van der Waals surface area contributed by atoms with Crippen molar-refractivity contribution in [3.8, 4) is 5.75 Å². The van der Waals surface area contributed by atoms with Crippen molar-refractivity contribution < 1.29 is 18.3 Å². The minimum absolute atomic E-state index is 0.178. The molecule has 0 fully saturated rings. The van der Waals surface area contributed by atoms with Crippen molar-refractivity contribution in [2.45, 2.75) is 19.8 Å². The summed E-state index contributed by atoms with van der Waals surface area (Å²) in [6.45, 7) is 4.74. The van der Waals surface area contributed by atoms with Gasteiger partial charge in [-0.05, 0) is 29.7 Å². The number of para-hydroxylation sites is 1. The highest BCUT2D eigenvalue weighted by atomic mass is 19.2. The molecule has 6 heteroatoms. The second kappa shape index (κ2) is 8.29. The quantitative estimate of drug-likeness (QED) is 0.774. The Morgan fingerprint density at radius 2 is 1.88 bits per heavy atom. The largest absolute Gasteiger partial charge is 0.491 e. The third-order valence-corrected chi connectivity index (χ3v) is 3.36. The van der Waals surface area contributed by atoms with E-state index in [1.54, 1.807) is 0 Å². The maximum absolute atomic E-state index is 13.1. The van der Waals surface area contributed by atoms with E-state index in [0.29, 0.717) is 12.5 Å². The fourth-order valence-electron chi connectivity index (χ4n) is 2.16. The monoisotopic (exact) mass is 334 g/mol. The molecule has 0 atom stereocenters. The van der Waals surface area contributed by atoms with Crippen LogP contribution in [0.1, 0.15) is 25.3 Å². The SMILES string of the molecule is CC(C)c1ccccc1OCCNC(=O)Nc1ccc(F)c(F)c1. The number of hydrogen-bond donors (Lipinski definition) is 2. The number of ether oxygens (including phenoxy) is 1. The molecular formula is C18H20F2N2O2. The number of carbonyl (C=O) groups is 1. The van der Waals surface area contributed by atoms with Gasteiger partial charge < -0.3 is 15.4 Å². The maximum Gasteiger partial charge on any atom is 0.319 e. The molecule has 0 bridgehead atoms. The summed E-state index contributed by atoms with van der Waals surface area (Å²) in [7, 11) is 0. The number of anilines is 1. The summed E-state index contributed by atoms with van der Waals surface area (Å²) in [5.41, 5.74) is 1.28. The third-order valence-electron chi connectivity index (χ3n) is 3.36. The van der Waals surface area contributed by atoms with Gasteiger partial charge in [0.1, 0.15) is 12.4 Å². The van der Waals surface area contributed by atoms with E-state index in [9.17, 15) is 13.6 Å². The lowest BCUT2D eigenvalue weighted by atomic mass is 10.0. The summed E-state index contributed by atoms with van der Waals surface area (Å²) in [5, 5.41) is 5.02. The first-order chi connectivity index (χ1) is 11.5. The van der Waals surface area contributed by atoms with E-state index in [2.05, 4.69) is 24.5 Å². The van der Waals surface area contributed by atoms with E-state index in [4.69, 9.17) is 4.74 Å². The van der Waals surface area contributed by atoms with Crippen LogP contribution in [0.3, 0.4) is 0 Å². The first kappa shape index (κ1) is 17.7. The average Bonchev–Trinajstić information content (AvgIpc) is 2.55. The van der Waals surface area contributed by atoms with Crippen molar-refractivity contribution >= 4 is 11.7 Å². The van der Waals surface area contributed by atoms with Gasteiger partial charge in [0.15, 0.2) is 11.6 Å². The van der Waals surface area contributed by atoms with Crippen LogP contribution >= 0.6 is 0 Å². The number of urea groups is 1. The van der Waals surface area contributed by atoms with Crippen LogP contribution in [-0.2, 0) is 0 Å². The van der Waals surface area contributed by atoms with E-state index in [1.165, 1.54) is 6.07 Å². The number of rotatable bonds is 6. The number of benzene rings is 2. The van der Waals surface area contributed by atoms with Crippen molar-refractivity contribution in [2.75, 3.05) is 18.5 Å². The Morgan fingerprint density at radius 3 is 2.58 bits per heavy atom. The molecule has 2 rings (SSSR count). The molecule has 2 aromatic carbocycles. The topological polar surface area (TPSA) is 50.4 Å². The fourth-order valence-corrected chi connectivity index (χ4v) is 2.16. The lowest BCUT2D eigenvalue weighted by Crippen LogP contribution is -2.32. The Labute approximate surface area is 139 Å². The fraction of sp³-hybridized carbons (Fsp3) is 0.278. The van der Waals surface area contributed by atoms with Gasteiger partial charge in [-0.2, -0.15) is 0 Å². The highest BCUT2D eigenvalue weighted by Crippen LogP contribution is 2.25. The molecule has 128 valence electrons. The Kier molecular flexibility index (Phi) is 6.12. The smallest absolute Gasteiger partial charge is 0.319 e. The van der Waals surface area contributed by atoms with Gasteiger partial charge in [0.2, 0.25) is 0 Å². The number of nitrogens with one attached hydrogen (secondary N) is 2. The van der Waals surface area contributed by atoms with E-state index in [1.807, 2.05) is 24.3 Å². The molecule has 0 aliphatic rings. The van der Waals surface area contributed by atoms with E-state index < -0.39 is 17.7 Å². The van der Waals surface area contributed by atoms with Gasteiger partial charge in [0.25, 0.3) is 0 Å².